The van der Waals surface area contributed by atoms with E-state index in [0.29, 0.717) is 5.92 Å². The van der Waals surface area contributed by atoms with Crippen LogP contribution in [0.1, 0.15) is 43.5 Å². The second-order valence-corrected chi connectivity index (χ2v) is 5.16. The molecule has 0 radical (unpaired) electrons. The fourth-order valence-corrected chi connectivity index (χ4v) is 2.36. The maximum Gasteiger partial charge on any atom is 0.226 e. The number of nitrogens with zero attached hydrogens (tertiary/aromatic N) is 2. The number of benzene rings is 1. The van der Waals surface area contributed by atoms with E-state index >= 15 is 0 Å². The predicted molar refractivity (Wildman–Crippen MR) is 79.3 cm³/mol. The summed E-state index contributed by atoms with van der Waals surface area (Å²) in [5.74, 6) is 2.16. The van der Waals surface area contributed by atoms with Crippen LogP contribution in [0, 0.1) is 5.92 Å². The molecule has 1 aromatic heterocycles. The van der Waals surface area contributed by atoms with Crippen LogP contribution in [0.3, 0.4) is 0 Å². The van der Waals surface area contributed by atoms with Gasteiger partial charge in [0, 0.05) is 12.8 Å². The number of aryl methyl sites for hydroxylation is 1. The van der Waals surface area contributed by atoms with Crippen molar-refractivity contribution in [2.24, 2.45) is 11.7 Å². The predicted octanol–water partition coefficient (Wildman–Crippen LogP) is 2.97. The van der Waals surface area contributed by atoms with Gasteiger partial charge in [0.1, 0.15) is 0 Å². The van der Waals surface area contributed by atoms with E-state index in [-0.39, 0.29) is 0 Å². The van der Waals surface area contributed by atoms with Crippen LogP contribution in [-0.2, 0) is 12.8 Å². The number of hydrogen-bond acceptors (Lipinski definition) is 4. The first kappa shape index (κ1) is 14.7. The average Bonchev–Trinajstić information content (AvgIpc) is 2.92. The van der Waals surface area contributed by atoms with Gasteiger partial charge in [0.05, 0.1) is 0 Å². The molecule has 0 saturated heterocycles. The SMILES string of the molecule is CCC(CCN)CCc1nc(Cc2ccccc2)no1. The van der Waals surface area contributed by atoms with Crippen LogP contribution < -0.4 is 5.73 Å². The number of rotatable bonds is 8. The zero-order chi connectivity index (χ0) is 14.2. The second kappa shape index (κ2) is 7.80. The molecule has 0 bridgehead atoms. The molecular weight excluding hydrogens is 250 g/mol. The molecule has 4 nitrogen and oxygen atoms in total. The summed E-state index contributed by atoms with van der Waals surface area (Å²) in [5, 5.41) is 4.05. The molecule has 4 heteroatoms. The molecule has 2 aromatic rings. The van der Waals surface area contributed by atoms with E-state index in [4.69, 9.17) is 10.3 Å². The Morgan fingerprint density at radius 2 is 2.00 bits per heavy atom. The Bertz CT molecular complexity index is 495. The first-order valence-corrected chi connectivity index (χ1v) is 7.37. The van der Waals surface area contributed by atoms with E-state index in [2.05, 4.69) is 29.2 Å². The molecule has 1 unspecified atom stereocenters. The Morgan fingerprint density at radius 1 is 1.20 bits per heavy atom. The van der Waals surface area contributed by atoms with Crippen molar-refractivity contribution in [3.8, 4) is 0 Å². The van der Waals surface area contributed by atoms with E-state index in [1.54, 1.807) is 0 Å². The van der Waals surface area contributed by atoms with Gasteiger partial charge in [-0.3, -0.25) is 0 Å². The summed E-state index contributed by atoms with van der Waals surface area (Å²) >= 11 is 0. The molecule has 0 amide bonds. The Morgan fingerprint density at radius 3 is 2.70 bits per heavy atom. The Kier molecular flexibility index (Phi) is 5.74. The van der Waals surface area contributed by atoms with Gasteiger partial charge in [0.25, 0.3) is 0 Å². The van der Waals surface area contributed by atoms with Crippen molar-refractivity contribution in [2.45, 2.75) is 39.0 Å². The van der Waals surface area contributed by atoms with Crippen LogP contribution >= 0.6 is 0 Å². The third-order valence-electron chi connectivity index (χ3n) is 3.63. The highest BCUT2D eigenvalue weighted by molar-refractivity contribution is 5.18. The highest BCUT2D eigenvalue weighted by Crippen LogP contribution is 2.15. The molecule has 0 aliphatic carbocycles. The molecule has 0 saturated carbocycles. The lowest BCUT2D eigenvalue weighted by Gasteiger charge is -2.11. The molecule has 0 spiro atoms. The summed E-state index contributed by atoms with van der Waals surface area (Å²) in [6, 6.07) is 10.2. The van der Waals surface area contributed by atoms with Gasteiger partial charge >= 0.3 is 0 Å². The standard InChI is InChI=1S/C16H23N3O/c1-2-13(10-11-17)8-9-16-18-15(19-20-16)12-14-6-4-3-5-7-14/h3-7,13H,2,8-12,17H2,1H3. The summed E-state index contributed by atoms with van der Waals surface area (Å²) in [6.07, 6.45) is 4.87. The first-order valence-electron chi connectivity index (χ1n) is 7.37. The molecule has 1 heterocycles. The van der Waals surface area contributed by atoms with E-state index in [9.17, 15) is 0 Å². The molecule has 1 aromatic carbocycles. The van der Waals surface area contributed by atoms with Crippen LogP contribution in [0.4, 0.5) is 0 Å². The van der Waals surface area contributed by atoms with Crippen molar-refractivity contribution in [3.05, 3.63) is 47.6 Å². The van der Waals surface area contributed by atoms with Gasteiger partial charge in [-0.05, 0) is 30.9 Å². The van der Waals surface area contributed by atoms with Crippen molar-refractivity contribution in [3.63, 3.8) is 0 Å². The van der Waals surface area contributed by atoms with E-state index < -0.39 is 0 Å². The second-order valence-electron chi connectivity index (χ2n) is 5.16. The molecule has 20 heavy (non-hydrogen) atoms. The van der Waals surface area contributed by atoms with Gasteiger partial charge in [-0.2, -0.15) is 4.98 Å². The van der Waals surface area contributed by atoms with E-state index in [1.165, 1.54) is 5.56 Å². The monoisotopic (exact) mass is 273 g/mol. The normalized spacial score (nSPS) is 12.5. The van der Waals surface area contributed by atoms with Crippen molar-refractivity contribution in [2.75, 3.05) is 6.54 Å². The Labute approximate surface area is 120 Å². The average molecular weight is 273 g/mol. The highest BCUT2D eigenvalue weighted by Gasteiger charge is 2.10. The minimum absolute atomic E-state index is 0.657. The van der Waals surface area contributed by atoms with Gasteiger partial charge < -0.3 is 10.3 Å². The third-order valence-corrected chi connectivity index (χ3v) is 3.63. The largest absolute Gasteiger partial charge is 0.339 e. The Balaban J connectivity index is 1.86. The first-order chi connectivity index (χ1) is 9.81. The lowest BCUT2D eigenvalue weighted by Crippen LogP contribution is -2.09. The quantitative estimate of drug-likeness (QED) is 0.803. The van der Waals surface area contributed by atoms with E-state index in [1.807, 2.05) is 18.2 Å². The summed E-state index contributed by atoms with van der Waals surface area (Å²) in [6.45, 7) is 2.95. The topological polar surface area (TPSA) is 64.9 Å². The van der Waals surface area contributed by atoms with Crippen LogP contribution in [0.2, 0.25) is 0 Å². The van der Waals surface area contributed by atoms with Crippen LogP contribution in [-0.4, -0.2) is 16.7 Å². The van der Waals surface area contributed by atoms with Gasteiger partial charge in [-0.25, -0.2) is 0 Å². The maximum atomic E-state index is 5.61. The lowest BCUT2D eigenvalue weighted by atomic mass is 9.97. The van der Waals surface area contributed by atoms with Crippen LogP contribution in [0.5, 0.6) is 0 Å². The number of nitrogens with two attached hydrogens (primary N) is 1. The summed E-state index contributed by atoms with van der Waals surface area (Å²) < 4.78 is 5.32. The van der Waals surface area contributed by atoms with Crippen molar-refractivity contribution in [1.29, 1.82) is 0 Å². The third kappa shape index (κ3) is 4.46. The van der Waals surface area contributed by atoms with Crippen molar-refractivity contribution < 1.29 is 4.52 Å². The number of aromatic nitrogens is 2. The number of hydrogen-bond donors (Lipinski definition) is 1. The van der Waals surface area contributed by atoms with Crippen molar-refractivity contribution >= 4 is 0 Å². The van der Waals surface area contributed by atoms with E-state index in [0.717, 1.165) is 50.4 Å². The smallest absolute Gasteiger partial charge is 0.226 e. The van der Waals surface area contributed by atoms with Gasteiger partial charge in [-0.15, -0.1) is 0 Å². The minimum Gasteiger partial charge on any atom is -0.339 e. The molecule has 2 rings (SSSR count). The molecule has 2 N–H and O–H groups in total. The maximum absolute atomic E-state index is 5.61. The fourth-order valence-electron chi connectivity index (χ4n) is 2.36. The Hall–Kier alpha value is -1.68. The van der Waals surface area contributed by atoms with Crippen LogP contribution in [0.25, 0.3) is 0 Å². The van der Waals surface area contributed by atoms with Crippen LogP contribution in [0.15, 0.2) is 34.9 Å². The van der Waals surface area contributed by atoms with Gasteiger partial charge in [0.15, 0.2) is 5.82 Å². The summed E-state index contributed by atoms with van der Waals surface area (Å²) in [7, 11) is 0. The summed E-state index contributed by atoms with van der Waals surface area (Å²) in [5.41, 5.74) is 6.82. The molecule has 0 aliphatic rings. The highest BCUT2D eigenvalue weighted by atomic mass is 16.5. The zero-order valence-corrected chi connectivity index (χ0v) is 12.1. The molecule has 1 atom stereocenters. The minimum atomic E-state index is 0.657. The zero-order valence-electron chi connectivity index (χ0n) is 12.1. The molecular formula is C16H23N3O. The molecule has 108 valence electrons. The lowest BCUT2D eigenvalue weighted by molar-refractivity contribution is 0.351. The molecule has 0 aliphatic heterocycles. The van der Waals surface area contributed by atoms with Gasteiger partial charge in [0.2, 0.25) is 5.89 Å². The fraction of sp³-hybridized carbons (Fsp3) is 0.500. The summed E-state index contributed by atoms with van der Waals surface area (Å²) in [4.78, 5) is 4.46. The van der Waals surface area contributed by atoms with Gasteiger partial charge in [-0.1, -0.05) is 48.8 Å². The molecule has 0 fully saturated rings. The van der Waals surface area contributed by atoms with Crippen molar-refractivity contribution in [1.82, 2.24) is 10.1 Å².